The fourth-order valence-electron chi connectivity index (χ4n) is 1.57. The van der Waals surface area contributed by atoms with E-state index in [2.05, 4.69) is 16.0 Å². The first kappa shape index (κ1) is 15.3. The molecule has 0 saturated heterocycles. The van der Waals surface area contributed by atoms with Crippen LogP contribution in [0.2, 0.25) is 0 Å². The van der Waals surface area contributed by atoms with Gasteiger partial charge >= 0.3 is 12.0 Å². The van der Waals surface area contributed by atoms with Crippen molar-refractivity contribution in [1.82, 2.24) is 16.0 Å². The molecule has 0 aromatic carbocycles. The zero-order valence-corrected chi connectivity index (χ0v) is 11.2. The van der Waals surface area contributed by atoms with Gasteiger partial charge in [0.05, 0.1) is 6.54 Å². The number of carbonyl (C=O) groups is 3. The third-order valence-corrected chi connectivity index (χ3v) is 2.66. The van der Waals surface area contributed by atoms with E-state index < -0.39 is 18.0 Å². The van der Waals surface area contributed by atoms with Crippen LogP contribution in [0.1, 0.15) is 33.1 Å². The summed E-state index contributed by atoms with van der Waals surface area (Å²) in [6.45, 7) is 3.60. The number of hydrogen-bond donors (Lipinski definition) is 4. The van der Waals surface area contributed by atoms with Crippen molar-refractivity contribution in [2.24, 2.45) is 5.92 Å². The average Bonchev–Trinajstić information content (AvgIpc) is 3.08. The molecule has 3 amide bonds. The molecular weight excluding hydrogens is 250 g/mol. The monoisotopic (exact) mass is 271 g/mol. The topological polar surface area (TPSA) is 108 Å². The van der Waals surface area contributed by atoms with Gasteiger partial charge in [-0.05, 0) is 25.2 Å². The van der Waals surface area contributed by atoms with Crippen molar-refractivity contribution in [1.29, 1.82) is 0 Å². The summed E-state index contributed by atoms with van der Waals surface area (Å²) < 4.78 is 0. The van der Waals surface area contributed by atoms with Crippen molar-refractivity contribution in [2.75, 3.05) is 6.54 Å². The second kappa shape index (κ2) is 6.96. The molecule has 7 nitrogen and oxygen atoms in total. The summed E-state index contributed by atoms with van der Waals surface area (Å²) >= 11 is 0. The van der Waals surface area contributed by atoms with Gasteiger partial charge < -0.3 is 21.1 Å². The lowest BCUT2D eigenvalue weighted by Crippen LogP contribution is -2.49. The number of carbonyl (C=O) groups excluding carboxylic acids is 2. The molecule has 1 saturated carbocycles. The third-order valence-electron chi connectivity index (χ3n) is 2.66. The number of urea groups is 1. The summed E-state index contributed by atoms with van der Waals surface area (Å²) in [5.41, 5.74) is 0. The summed E-state index contributed by atoms with van der Waals surface area (Å²) in [6, 6.07) is -1.34. The maximum absolute atomic E-state index is 11.5. The molecule has 1 aliphatic rings. The van der Waals surface area contributed by atoms with Crippen molar-refractivity contribution in [3.05, 3.63) is 0 Å². The zero-order chi connectivity index (χ0) is 14.4. The van der Waals surface area contributed by atoms with E-state index in [1.165, 1.54) is 0 Å². The molecule has 7 heteroatoms. The molecule has 0 unspecified atom stereocenters. The summed E-state index contributed by atoms with van der Waals surface area (Å²) in [7, 11) is 0. The van der Waals surface area contributed by atoms with Gasteiger partial charge in [-0.2, -0.15) is 0 Å². The van der Waals surface area contributed by atoms with E-state index in [9.17, 15) is 14.4 Å². The molecule has 0 aromatic rings. The fraction of sp³-hybridized carbons (Fsp3) is 0.750. The summed E-state index contributed by atoms with van der Waals surface area (Å²) in [5, 5.41) is 16.4. The lowest BCUT2D eigenvalue weighted by atomic mass is 10.0. The van der Waals surface area contributed by atoms with Crippen molar-refractivity contribution in [3.63, 3.8) is 0 Å². The standard InChI is InChI=1S/C12H21N3O4/c1-7(2)5-9(11(17)18)15-12(19)13-6-10(16)14-8-3-4-8/h7-9H,3-6H2,1-2H3,(H,14,16)(H,17,18)(H2,13,15,19)/t9-/m0/s1. The summed E-state index contributed by atoms with van der Waals surface area (Å²) in [6.07, 6.45) is 2.30. The van der Waals surface area contributed by atoms with Gasteiger partial charge in [0.1, 0.15) is 6.04 Å². The normalized spacial score (nSPS) is 15.7. The molecule has 1 atom stereocenters. The predicted octanol–water partition coefficient (Wildman–Crippen LogP) is 0.0635. The van der Waals surface area contributed by atoms with Gasteiger partial charge in [0.25, 0.3) is 0 Å². The number of rotatable bonds is 7. The molecule has 108 valence electrons. The van der Waals surface area contributed by atoms with E-state index in [-0.39, 0.29) is 24.4 Å². The Bertz CT molecular complexity index is 353. The molecule has 1 rings (SSSR count). The zero-order valence-electron chi connectivity index (χ0n) is 11.2. The van der Waals surface area contributed by atoms with E-state index in [1.54, 1.807) is 0 Å². The lowest BCUT2D eigenvalue weighted by Gasteiger charge is -2.16. The van der Waals surface area contributed by atoms with E-state index in [0.717, 1.165) is 12.8 Å². The number of carboxylic acids is 1. The van der Waals surface area contributed by atoms with Crippen LogP contribution in [0.4, 0.5) is 4.79 Å². The highest BCUT2D eigenvalue weighted by Gasteiger charge is 2.24. The van der Waals surface area contributed by atoms with Crippen LogP contribution in [0.5, 0.6) is 0 Å². The maximum Gasteiger partial charge on any atom is 0.326 e. The van der Waals surface area contributed by atoms with Gasteiger partial charge in [-0.1, -0.05) is 13.8 Å². The van der Waals surface area contributed by atoms with Crippen molar-refractivity contribution in [3.8, 4) is 0 Å². The van der Waals surface area contributed by atoms with Gasteiger partial charge in [-0.3, -0.25) is 4.79 Å². The minimum absolute atomic E-state index is 0.143. The second-order valence-corrected chi connectivity index (χ2v) is 5.19. The second-order valence-electron chi connectivity index (χ2n) is 5.19. The Balaban J connectivity index is 2.26. The van der Waals surface area contributed by atoms with Crippen LogP contribution in [-0.2, 0) is 9.59 Å². The Morgan fingerprint density at radius 3 is 2.37 bits per heavy atom. The quantitative estimate of drug-likeness (QED) is 0.525. The molecule has 0 radical (unpaired) electrons. The molecule has 4 N–H and O–H groups in total. The van der Waals surface area contributed by atoms with Crippen LogP contribution in [0.25, 0.3) is 0 Å². The Morgan fingerprint density at radius 2 is 1.89 bits per heavy atom. The number of aliphatic carboxylic acids is 1. The summed E-state index contributed by atoms with van der Waals surface area (Å²) in [4.78, 5) is 33.7. The van der Waals surface area contributed by atoms with Crippen molar-refractivity contribution < 1.29 is 19.5 Å². The molecule has 1 fully saturated rings. The van der Waals surface area contributed by atoms with E-state index in [0.29, 0.717) is 6.42 Å². The molecule has 0 heterocycles. The number of nitrogens with one attached hydrogen (secondary N) is 3. The summed E-state index contributed by atoms with van der Waals surface area (Å²) in [5.74, 6) is -1.18. The smallest absolute Gasteiger partial charge is 0.326 e. The lowest BCUT2D eigenvalue weighted by molar-refractivity contribution is -0.139. The van der Waals surface area contributed by atoms with Crippen LogP contribution < -0.4 is 16.0 Å². The highest BCUT2D eigenvalue weighted by atomic mass is 16.4. The molecule has 0 aliphatic heterocycles. The Morgan fingerprint density at radius 1 is 1.26 bits per heavy atom. The van der Waals surface area contributed by atoms with Crippen LogP contribution in [-0.4, -0.2) is 41.6 Å². The van der Waals surface area contributed by atoms with Crippen LogP contribution >= 0.6 is 0 Å². The molecule has 19 heavy (non-hydrogen) atoms. The van der Waals surface area contributed by atoms with E-state index >= 15 is 0 Å². The average molecular weight is 271 g/mol. The highest BCUT2D eigenvalue weighted by Crippen LogP contribution is 2.18. The number of carboxylic acid groups (broad SMARTS) is 1. The van der Waals surface area contributed by atoms with E-state index in [1.807, 2.05) is 13.8 Å². The Hall–Kier alpha value is -1.79. The SMILES string of the molecule is CC(C)C[C@H](NC(=O)NCC(=O)NC1CC1)C(=O)O. The van der Waals surface area contributed by atoms with Gasteiger partial charge in [-0.25, -0.2) is 9.59 Å². The largest absolute Gasteiger partial charge is 0.480 e. The molecule has 1 aliphatic carbocycles. The number of hydrogen-bond acceptors (Lipinski definition) is 3. The van der Waals surface area contributed by atoms with Crippen molar-refractivity contribution in [2.45, 2.75) is 45.2 Å². The first-order chi connectivity index (χ1) is 8.88. The minimum Gasteiger partial charge on any atom is -0.480 e. The third kappa shape index (κ3) is 6.64. The predicted molar refractivity (Wildman–Crippen MR) is 68.6 cm³/mol. The van der Waals surface area contributed by atoms with Gasteiger partial charge in [-0.15, -0.1) is 0 Å². The first-order valence-corrected chi connectivity index (χ1v) is 6.45. The molecule has 0 bridgehead atoms. The molecular formula is C12H21N3O4. The highest BCUT2D eigenvalue weighted by molar-refractivity contribution is 5.86. The first-order valence-electron chi connectivity index (χ1n) is 6.45. The van der Waals surface area contributed by atoms with Gasteiger partial charge in [0.15, 0.2) is 0 Å². The molecule has 0 spiro atoms. The number of amides is 3. The van der Waals surface area contributed by atoms with Crippen LogP contribution in [0.15, 0.2) is 0 Å². The Kier molecular flexibility index (Phi) is 5.59. The molecule has 0 aromatic heterocycles. The maximum atomic E-state index is 11.5. The van der Waals surface area contributed by atoms with Gasteiger partial charge in [0, 0.05) is 6.04 Å². The van der Waals surface area contributed by atoms with Crippen LogP contribution in [0, 0.1) is 5.92 Å². The Labute approximate surface area is 112 Å². The van der Waals surface area contributed by atoms with E-state index in [4.69, 9.17) is 5.11 Å². The minimum atomic E-state index is -1.08. The van der Waals surface area contributed by atoms with Crippen LogP contribution in [0.3, 0.4) is 0 Å². The van der Waals surface area contributed by atoms with Crippen molar-refractivity contribution >= 4 is 17.9 Å². The van der Waals surface area contributed by atoms with Gasteiger partial charge in [0.2, 0.25) is 5.91 Å². The fourth-order valence-corrected chi connectivity index (χ4v) is 1.57.